The molecule has 1 aromatic carbocycles. The molecule has 2 heterocycles. The molecule has 1 N–H and O–H groups in total. The Labute approximate surface area is 88.4 Å². The van der Waals surface area contributed by atoms with Crippen molar-refractivity contribution in [1.29, 1.82) is 5.41 Å². The Balaban J connectivity index is 2.14. The van der Waals surface area contributed by atoms with Crippen molar-refractivity contribution in [2.45, 2.75) is 12.8 Å². The van der Waals surface area contributed by atoms with E-state index in [1.54, 1.807) is 0 Å². The van der Waals surface area contributed by atoms with Gasteiger partial charge in [-0.05, 0) is 18.6 Å². The molecule has 0 atom stereocenters. The lowest BCUT2D eigenvalue weighted by Gasteiger charge is -2.20. The van der Waals surface area contributed by atoms with Crippen LogP contribution in [0.15, 0.2) is 36.5 Å². The minimum Gasteiger partial charge on any atom is -0.287 e. The van der Waals surface area contributed by atoms with E-state index in [2.05, 4.69) is 22.9 Å². The third kappa shape index (κ3) is 1.23. The average molecular weight is 199 g/mol. The van der Waals surface area contributed by atoms with E-state index in [0.717, 1.165) is 25.2 Å². The number of nitrogens with zero attached hydrogens (tertiary/aromatic N) is 2. The highest BCUT2D eigenvalue weighted by atomic mass is 15.6. The van der Waals surface area contributed by atoms with E-state index in [1.807, 2.05) is 23.3 Å². The van der Waals surface area contributed by atoms with E-state index in [4.69, 9.17) is 5.41 Å². The number of amidine groups is 1. The van der Waals surface area contributed by atoms with Gasteiger partial charge in [-0.1, -0.05) is 18.2 Å². The van der Waals surface area contributed by atoms with E-state index in [0.29, 0.717) is 0 Å². The van der Waals surface area contributed by atoms with Gasteiger partial charge in [-0.15, -0.1) is 0 Å². The van der Waals surface area contributed by atoms with Crippen LogP contribution >= 0.6 is 0 Å². The molecule has 0 amide bonds. The summed E-state index contributed by atoms with van der Waals surface area (Å²) in [5, 5.41) is 11.1. The average Bonchev–Trinajstić information content (AvgIpc) is 2.83. The molecule has 0 saturated carbocycles. The van der Waals surface area contributed by atoms with Crippen LogP contribution in [0.4, 0.5) is 0 Å². The molecule has 2 aromatic rings. The number of hydrogen-bond acceptors (Lipinski definition) is 1. The van der Waals surface area contributed by atoms with Crippen molar-refractivity contribution in [1.82, 2.24) is 4.68 Å². The van der Waals surface area contributed by atoms with Crippen LogP contribution in [0.2, 0.25) is 0 Å². The first kappa shape index (κ1) is 8.53. The molecule has 1 aliphatic rings. The summed E-state index contributed by atoms with van der Waals surface area (Å²) in [6, 6.07) is 10.4. The number of benzene rings is 1. The highest BCUT2D eigenvalue weighted by Gasteiger charge is 2.19. The molecule has 3 rings (SSSR count). The van der Waals surface area contributed by atoms with E-state index >= 15 is 0 Å². The zero-order chi connectivity index (χ0) is 10.3. The Morgan fingerprint density at radius 1 is 1.13 bits per heavy atom. The van der Waals surface area contributed by atoms with Gasteiger partial charge < -0.3 is 0 Å². The molecule has 0 radical (unpaired) electrons. The topological polar surface area (TPSA) is 32.0 Å². The van der Waals surface area contributed by atoms with Crippen LogP contribution in [0.5, 0.6) is 0 Å². The number of fused-ring (bicyclic) bond motifs is 1. The number of nitrogens with one attached hydrogen (secondary N) is 1. The summed E-state index contributed by atoms with van der Waals surface area (Å²) in [6.07, 6.45) is 4.03. The maximum atomic E-state index is 7.86. The van der Waals surface area contributed by atoms with Crippen LogP contribution < -0.4 is 5.01 Å². The van der Waals surface area contributed by atoms with Crippen molar-refractivity contribution in [2.75, 3.05) is 11.6 Å². The maximum Gasteiger partial charge on any atom is 0.115 e. The van der Waals surface area contributed by atoms with E-state index in [1.165, 1.54) is 10.9 Å². The van der Waals surface area contributed by atoms with Gasteiger partial charge in [0.15, 0.2) is 0 Å². The highest BCUT2D eigenvalue weighted by molar-refractivity contribution is 5.93. The lowest BCUT2D eigenvalue weighted by molar-refractivity contribution is 0.763. The predicted molar refractivity (Wildman–Crippen MR) is 62.0 cm³/mol. The normalized spacial score (nSPS) is 16.5. The summed E-state index contributed by atoms with van der Waals surface area (Å²) < 4.78 is 2.09. The Kier molecular flexibility index (Phi) is 1.78. The third-order valence-corrected chi connectivity index (χ3v) is 2.93. The Morgan fingerprint density at radius 3 is 2.80 bits per heavy atom. The molecule has 1 saturated heterocycles. The van der Waals surface area contributed by atoms with Crippen LogP contribution in [-0.2, 0) is 0 Å². The predicted octanol–water partition coefficient (Wildman–Crippen LogP) is 2.35. The fraction of sp³-hybridized carbons (Fsp3) is 0.250. The summed E-state index contributed by atoms with van der Waals surface area (Å²) >= 11 is 0. The van der Waals surface area contributed by atoms with Crippen LogP contribution in [0, 0.1) is 5.41 Å². The maximum absolute atomic E-state index is 7.86. The molecule has 0 aliphatic carbocycles. The number of rotatable bonds is 1. The molecule has 3 nitrogen and oxygen atoms in total. The van der Waals surface area contributed by atoms with Crippen LogP contribution in [0.3, 0.4) is 0 Å². The monoisotopic (exact) mass is 199 g/mol. The molecule has 0 unspecified atom stereocenters. The molecule has 76 valence electrons. The van der Waals surface area contributed by atoms with Gasteiger partial charge in [-0.2, -0.15) is 0 Å². The van der Waals surface area contributed by atoms with Gasteiger partial charge in [0, 0.05) is 24.5 Å². The zero-order valence-corrected chi connectivity index (χ0v) is 8.48. The second-order valence-electron chi connectivity index (χ2n) is 3.89. The number of aromatic nitrogens is 1. The number of hydrogen-bond donors (Lipinski definition) is 1. The molecule has 1 aromatic heterocycles. The largest absolute Gasteiger partial charge is 0.287 e. The van der Waals surface area contributed by atoms with Crippen molar-refractivity contribution < 1.29 is 0 Å². The highest BCUT2D eigenvalue weighted by Crippen LogP contribution is 2.18. The lowest BCUT2D eigenvalue weighted by Crippen LogP contribution is -2.34. The molecule has 1 aliphatic heterocycles. The minimum atomic E-state index is 0.719. The Hall–Kier alpha value is -1.77. The van der Waals surface area contributed by atoms with Gasteiger partial charge in [0.25, 0.3) is 0 Å². The Morgan fingerprint density at radius 2 is 2.00 bits per heavy atom. The van der Waals surface area contributed by atoms with Crippen LogP contribution in [0.25, 0.3) is 10.9 Å². The van der Waals surface area contributed by atoms with Gasteiger partial charge in [0.05, 0.1) is 5.52 Å². The van der Waals surface area contributed by atoms with Gasteiger partial charge in [0.2, 0.25) is 0 Å². The SMILES string of the molecule is N=C1CCCN1n1ccc2ccccc21. The van der Waals surface area contributed by atoms with Crippen molar-refractivity contribution in [3.8, 4) is 0 Å². The summed E-state index contributed by atoms with van der Waals surface area (Å²) in [4.78, 5) is 0. The lowest BCUT2D eigenvalue weighted by atomic mass is 10.3. The van der Waals surface area contributed by atoms with E-state index < -0.39 is 0 Å². The zero-order valence-electron chi connectivity index (χ0n) is 8.48. The van der Waals surface area contributed by atoms with Crippen molar-refractivity contribution >= 4 is 16.7 Å². The fourth-order valence-corrected chi connectivity index (χ4v) is 2.18. The molecular weight excluding hydrogens is 186 g/mol. The third-order valence-electron chi connectivity index (χ3n) is 2.93. The molecule has 0 bridgehead atoms. The van der Waals surface area contributed by atoms with Gasteiger partial charge >= 0.3 is 0 Å². The summed E-state index contributed by atoms with van der Waals surface area (Å²) in [6.45, 7) is 0.956. The van der Waals surface area contributed by atoms with E-state index in [9.17, 15) is 0 Å². The first-order valence-corrected chi connectivity index (χ1v) is 5.27. The standard InChI is InChI=1S/C12H13N3/c13-12-6-3-8-15(12)14-9-7-10-4-1-2-5-11(10)14/h1-2,4-5,7,9,13H,3,6,8H2. The van der Waals surface area contributed by atoms with Gasteiger partial charge in [-0.3, -0.25) is 15.1 Å². The Bertz CT molecular complexity index is 512. The number of para-hydroxylation sites is 1. The van der Waals surface area contributed by atoms with E-state index in [-0.39, 0.29) is 0 Å². The fourth-order valence-electron chi connectivity index (χ4n) is 2.18. The molecule has 0 spiro atoms. The van der Waals surface area contributed by atoms with Crippen LogP contribution in [-0.4, -0.2) is 17.1 Å². The van der Waals surface area contributed by atoms with Crippen LogP contribution in [0.1, 0.15) is 12.8 Å². The molecule has 15 heavy (non-hydrogen) atoms. The van der Waals surface area contributed by atoms with Gasteiger partial charge in [0.1, 0.15) is 5.84 Å². The summed E-state index contributed by atoms with van der Waals surface area (Å²) in [5.41, 5.74) is 1.18. The molecule has 1 fully saturated rings. The summed E-state index contributed by atoms with van der Waals surface area (Å²) in [5.74, 6) is 0.719. The smallest absolute Gasteiger partial charge is 0.115 e. The first-order chi connectivity index (χ1) is 7.36. The second-order valence-corrected chi connectivity index (χ2v) is 3.89. The van der Waals surface area contributed by atoms with Crippen molar-refractivity contribution in [3.63, 3.8) is 0 Å². The second kappa shape index (κ2) is 3.12. The van der Waals surface area contributed by atoms with Gasteiger partial charge in [-0.25, -0.2) is 0 Å². The van der Waals surface area contributed by atoms with Crippen molar-refractivity contribution in [3.05, 3.63) is 36.5 Å². The van der Waals surface area contributed by atoms with Crippen molar-refractivity contribution in [2.24, 2.45) is 0 Å². The molecular formula is C12H13N3. The first-order valence-electron chi connectivity index (χ1n) is 5.27. The summed E-state index contributed by atoms with van der Waals surface area (Å²) in [7, 11) is 0. The minimum absolute atomic E-state index is 0.719. The quantitative estimate of drug-likeness (QED) is 0.751. The molecule has 3 heteroatoms.